The quantitative estimate of drug-likeness (QED) is 0.748. The van der Waals surface area contributed by atoms with Gasteiger partial charge in [0.1, 0.15) is 0 Å². The fraction of sp³-hybridized carbons (Fsp3) is 0.786. The van der Waals surface area contributed by atoms with E-state index >= 15 is 0 Å². The van der Waals surface area contributed by atoms with E-state index < -0.39 is 5.41 Å². The van der Waals surface area contributed by atoms with Crippen LogP contribution in [0.5, 0.6) is 0 Å². The second-order valence-electron chi connectivity index (χ2n) is 6.25. The van der Waals surface area contributed by atoms with Crippen molar-refractivity contribution in [1.29, 1.82) is 0 Å². The van der Waals surface area contributed by atoms with Crippen molar-refractivity contribution in [3.8, 4) is 0 Å². The molecule has 1 aliphatic carbocycles. The zero-order chi connectivity index (χ0) is 12.6. The SMILES string of the molecule is CC(C)/C=C/C(=O)C1(C)CC(O)CC1(C)C. The largest absolute Gasteiger partial charge is 0.393 e. The third kappa shape index (κ3) is 2.37. The average Bonchev–Trinajstić information content (AvgIpc) is 2.32. The predicted molar refractivity (Wildman–Crippen MR) is 66.1 cm³/mol. The number of aliphatic hydroxyl groups excluding tert-OH is 1. The molecule has 0 heterocycles. The zero-order valence-electron chi connectivity index (χ0n) is 11.1. The molecule has 0 aromatic rings. The van der Waals surface area contributed by atoms with Gasteiger partial charge in [-0.15, -0.1) is 0 Å². The second kappa shape index (κ2) is 4.33. The monoisotopic (exact) mass is 224 g/mol. The molecule has 16 heavy (non-hydrogen) atoms. The minimum atomic E-state index is -0.419. The smallest absolute Gasteiger partial charge is 0.161 e. The number of ketones is 1. The van der Waals surface area contributed by atoms with Crippen molar-refractivity contribution < 1.29 is 9.90 Å². The number of hydrogen-bond acceptors (Lipinski definition) is 2. The summed E-state index contributed by atoms with van der Waals surface area (Å²) < 4.78 is 0. The molecule has 0 amide bonds. The van der Waals surface area contributed by atoms with Crippen LogP contribution in [0.15, 0.2) is 12.2 Å². The Bertz CT molecular complexity index is 302. The van der Waals surface area contributed by atoms with Gasteiger partial charge in [-0.05, 0) is 30.3 Å². The normalized spacial score (nSPS) is 33.8. The van der Waals surface area contributed by atoms with E-state index in [9.17, 15) is 9.90 Å². The maximum atomic E-state index is 12.2. The van der Waals surface area contributed by atoms with E-state index in [1.165, 1.54) is 0 Å². The lowest BCUT2D eigenvalue weighted by Crippen LogP contribution is -2.36. The van der Waals surface area contributed by atoms with Gasteiger partial charge in [-0.3, -0.25) is 4.79 Å². The van der Waals surface area contributed by atoms with Crippen LogP contribution >= 0.6 is 0 Å². The van der Waals surface area contributed by atoms with Crippen molar-refractivity contribution in [2.24, 2.45) is 16.7 Å². The van der Waals surface area contributed by atoms with Gasteiger partial charge in [0.05, 0.1) is 6.10 Å². The zero-order valence-corrected chi connectivity index (χ0v) is 11.1. The lowest BCUT2D eigenvalue weighted by molar-refractivity contribution is -0.127. The van der Waals surface area contributed by atoms with Gasteiger partial charge >= 0.3 is 0 Å². The van der Waals surface area contributed by atoms with Gasteiger partial charge in [0, 0.05) is 5.41 Å². The van der Waals surface area contributed by atoms with Crippen LogP contribution in [-0.4, -0.2) is 17.0 Å². The highest BCUT2D eigenvalue weighted by Gasteiger charge is 2.52. The molecule has 1 fully saturated rings. The van der Waals surface area contributed by atoms with Crippen molar-refractivity contribution in [2.75, 3.05) is 0 Å². The molecule has 0 spiro atoms. The van der Waals surface area contributed by atoms with Gasteiger partial charge in [0.2, 0.25) is 0 Å². The number of hydrogen-bond donors (Lipinski definition) is 1. The molecular weight excluding hydrogens is 200 g/mol. The molecule has 92 valence electrons. The second-order valence-corrected chi connectivity index (χ2v) is 6.25. The first-order valence-electron chi connectivity index (χ1n) is 6.10. The molecule has 0 aromatic carbocycles. The minimum absolute atomic E-state index is 0.120. The van der Waals surface area contributed by atoms with Crippen molar-refractivity contribution in [3.63, 3.8) is 0 Å². The van der Waals surface area contributed by atoms with Crippen LogP contribution in [0.3, 0.4) is 0 Å². The fourth-order valence-corrected chi connectivity index (χ4v) is 2.53. The molecule has 1 aliphatic rings. The van der Waals surface area contributed by atoms with E-state index in [1.807, 2.05) is 13.0 Å². The Morgan fingerprint density at radius 3 is 2.25 bits per heavy atom. The molecule has 0 aliphatic heterocycles. The Hall–Kier alpha value is -0.630. The topological polar surface area (TPSA) is 37.3 Å². The highest BCUT2D eigenvalue weighted by atomic mass is 16.3. The summed E-state index contributed by atoms with van der Waals surface area (Å²) >= 11 is 0. The van der Waals surface area contributed by atoms with E-state index in [0.717, 1.165) is 0 Å². The van der Waals surface area contributed by atoms with E-state index in [-0.39, 0.29) is 17.3 Å². The van der Waals surface area contributed by atoms with Crippen LogP contribution in [0.4, 0.5) is 0 Å². The Morgan fingerprint density at radius 1 is 1.31 bits per heavy atom. The Morgan fingerprint density at radius 2 is 1.88 bits per heavy atom. The van der Waals surface area contributed by atoms with Crippen LogP contribution in [0.1, 0.15) is 47.5 Å². The predicted octanol–water partition coefficient (Wildman–Crippen LogP) is 2.95. The Labute approximate surface area is 98.7 Å². The highest BCUT2D eigenvalue weighted by Crippen LogP contribution is 2.53. The third-order valence-corrected chi connectivity index (χ3v) is 4.06. The summed E-state index contributed by atoms with van der Waals surface area (Å²) in [6, 6.07) is 0. The maximum absolute atomic E-state index is 12.2. The summed E-state index contributed by atoms with van der Waals surface area (Å²) in [5.74, 6) is 0.546. The molecule has 0 aromatic heterocycles. The molecule has 1 N–H and O–H groups in total. The Kier molecular flexibility index (Phi) is 3.63. The first kappa shape index (κ1) is 13.4. The van der Waals surface area contributed by atoms with Gasteiger partial charge in [-0.1, -0.05) is 40.7 Å². The van der Waals surface area contributed by atoms with E-state index in [1.54, 1.807) is 6.08 Å². The van der Waals surface area contributed by atoms with Crippen LogP contribution in [0.25, 0.3) is 0 Å². The molecule has 0 radical (unpaired) electrons. The average molecular weight is 224 g/mol. The molecule has 2 atom stereocenters. The van der Waals surface area contributed by atoms with E-state index in [0.29, 0.717) is 18.8 Å². The summed E-state index contributed by atoms with van der Waals surface area (Å²) in [6.07, 6.45) is 4.60. The number of allylic oxidation sites excluding steroid dienone is 2. The fourth-order valence-electron chi connectivity index (χ4n) is 2.53. The summed E-state index contributed by atoms with van der Waals surface area (Å²) in [5, 5.41) is 9.75. The lowest BCUT2D eigenvalue weighted by atomic mass is 9.66. The molecule has 2 nitrogen and oxygen atoms in total. The standard InChI is InChI=1S/C14H24O2/c1-10(2)6-7-12(16)14(5)9-11(15)8-13(14,3)4/h6-7,10-11,15H,8-9H2,1-5H3/b7-6+. The number of aliphatic hydroxyl groups is 1. The summed E-state index contributed by atoms with van der Waals surface area (Å²) in [5.41, 5.74) is -0.539. The summed E-state index contributed by atoms with van der Waals surface area (Å²) in [7, 11) is 0. The summed E-state index contributed by atoms with van der Waals surface area (Å²) in [6.45, 7) is 10.2. The molecule has 0 bridgehead atoms. The van der Waals surface area contributed by atoms with Crippen LogP contribution in [0, 0.1) is 16.7 Å². The van der Waals surface area contributed by atoms with E-state index in [4.69, 9.17) is 0 Å². The van der Waals surface area contributed by atoms with Crippen LogP contribution < -0.4 is 0 Å². The highest BCUT2D eigenvalue weighted by molar-refractivity contribution is 5.95. The Balaban J connectivity index is 2.89. The number of rotatable bonds is 3. The molecule has 0 saturated heterocycles. The van der Waals surface area contributed by atoms with Crippen molar-refractivity contribution >= 4 is 5.78 Å². The first-order chi connectivity index (χ1) is 7.19. The van der Waals surface area contributed by atoms with Crippen LogP contribution in [0.2, 0.25) is 0 Å². The van der Waals surface area contributed by atoms with Crippen molar-refractivity contribution in [3.05, 3.63) is 12.2 Å². The van der Waals surface area contributed by atoms with Crippen molar-refractivity contribution in [2.45, 2.75) is 53.6 Å². The number of carbonyl (C=O) groups is 1. The molecule has 2 heteroatoms. The molecule has 2 unspecified atom stereocenters. The van der Waals surface area contributed by atoms with Crippen LogP contribution in [-0.2, 0) is 4.79 Å². The third-order valence-electron chi connectivity index (χ3n) is 4.06. The molecular formula is C14H24O2. The van der Waals surface area contributed by atoms with E-state index in [2.05, 4.69) is 27.7 Å². The van der Waals surface area contributed by atoms with Gasteiger partial charge in [-0.25, -0.2) is 0 Å². The maximum Gasteiger partial charge on any atom is 0.161 e. The number of carbonyl (C=O) groups excluding carboxylic acids is 1. The van der Waals surface area contributed by atoms with Gasteiger partial charge in [0.15, 0.2) is 5.78 Å². The molecule has 1 saturated carbocycles. The van der Waals surface area contributed by atoms with Gasteiger partial charge in [0.25, 0.3) is 0 Å². The summed E-state index contributed by atoms with van der Waals surface area (Å²) in [4.78, 5) is 12.2. The van der Waals surface area contributed by atoms with Gasteiger partial charge < -0.3 is 5.11 Å². The van der Waals surface area contributed by atoms with Crippen molar-refractivity contribution in [1.82, 2.24) is 0 Å². The van der Waals surface area contributed by atoms with Gasteiger partial charge in [-0.2, -0.15) is 0 Å². The lowest BCUT2D eigenvalue weighted by Gasteiger charge is -2.35. The molecule has 1 rings (SSSR count). The minimum Gasteiger partial charge on any atom is -0.393 e. The first-order valence-corrected chi connectivity index (χ1v) is 6.10.